The number of aromatic amines is 1. The van der Waals surface area contributed by atoms with Crippen molar-refractivity contribution in [3.63, 3.8) is 0 Å². The minimum absolute atomic E-state index is 0.173. The lowest BCUT2D eigenvalue weighted by Crippen LogP contribution is -2.12. The Balaban J connectivity index is 2.15. The second-order valence-electron chi connectivity index (χ2n) is 3.41. The second kappa shape index (κ2) is 4.61. The fraction of sp³-hybridized carbons (Fsp3) is 0.167. The molecular weight excluding hydrogens is 204 g/mol. The van der Waals surface area contributed by atoms with E-state index in [9.17, 15) is 4.79 Å². The number of nitrogens with zero attached hydrogens (tertiary/aromatic N) is 1. The van der Waals surface area contributed by atoms with Crippen LogP contribution in [0.1, 0.15) is 18.7 Å². The van der Waals surface area contributed by atoms with Crippen LogP contribution in [0.25, 0.3) is 0 Å². The van der Waals surface area contributed by atoms with Gasteiger partial charge < -0.3 is 9.72 Å². The first-order valence-electron chi connectivity index (χ1n) is 5.02. The first kappa shape index (κ1) is 10.4. The molecule has 0 aliphatic carbocycles. The van der Waals surface area contributed by atoms with Gasteiger partial charge in [-0.05, 0) is 19.1 Å². The van der Waals surface area contributed by atoms with E-state index in [0.29, 0.717) is 5.69 Å². The van der Waals surface area contributed by atoms with Crippen LogP contribution in [0.15, 0.2) is 47.5 Å². The molecule has 1 N–H and O–H groups in total. The van der Waals surface area contributed by atoms with Crippen LogP contribution in [0.5, 0.6) is 5.75 Å². The highest BCUT2D eigenvalue weighted by Crippen LogP contribution is 2.18. The van der Waals surface area contributed by atoms with Crippen molar-refractivity contribution in [3.8, 4) is 5.75 Å². The molecule has 0 bridgehead atoms. The van der Waals surface area contributed by atoms with Gasteiger partial charge in [0.2, 0.25) is 0 Å². The second-order valence-corrected chi connectivity index (χ2v) is 3.41. The molecule has 0 fully saturated rings. The predicted molar refractivity (Wildman–Crippen MR) is 60.3 cm³/mol. The van der Waals surface area contributed by atoms with Crippen molar-refractivity contribution in [1.82, 2.24) is 9.97 Å². The van der Waals surface area contributed by atoms with Crippen molar-refractivity contribution in [2.75, 3.05) is 0 Å². The molecule has 4 heteroatoms. The molecule has 0 saturated carbocycles. The minimum atomic E-state index is -0.246. The SMILES string of the molecule is C[C@H](Oc1ccccc1)c1cc(=O)[nH]cn1. The zero-order chi connectivity index (χ0) is 11.4. The summed E-state index contributed by atoms with van der Waals surface area (Å²) in [6, 6.07) is 10.9. The van der Waals surface area contributed by atoms with Gasteiger partial charge in [0.05, 0.1) is 12.0 Å². The maximum atomic E-state index is 11.1. The Morgan fingerprint density at radius 3 is 2.75 bits per heavy atom. The molecule has 0 saturated heterocycles. The Kier molecular flexibility index (Phi) is 3.00. The van der Waals surface area contributed by atoms with Crippen LogP contribution in [0, 0.1) is 0 Å². The molecular formula is C12H12N2O2. The van der Waals surface area contributed by atoms with Crippen molar-refractivity contribution in [2.24, 2.45) is 0 Å². The number of rotatable bonds is 3. The van der Waals surface area contributed by atoms with E-state index in [1.54, 1.807) is 0 Å². The Bertz CT molecular complexity index is 508. The zero-order valence-electron chi connectivity index (χ0n) is 8.88. The van der Waals surface area contributed by atoms with Gasteiger partial charge in [-0.25, -0.2) is 4.98 Å². The summed E-state index contributed by atoms with van der Waals surface area (Å²) in [4.78, 5) is 17.6. The molecule has 1 heterocycles. The van der Waals surface area contributed by atoms with Crippen LogP contribution in [0.2, 0.25) is 0 Å². The molecule has 0 amide bonds. The minimum Gasteiger partial charge on any atom is -0.484 e. The summed E-state index contributed by atoms with van der Waals surface area (Å²) in [5.74, 6) is 0.761. The lowest BCUT2D eigenvalue weighted by atomic mass is 10.2. The maximum Gasteiger partial charge on any atom is 0.251 e. The number of H-pyrrole nitrogens is 1. The van der Waals surface area contributed by atoms with E-state index >= 15 is 0 Å². The Morgan fingerprint density at radius 1 is 1.31 bits per heavy atom. The number of benzene rings is 1. The van der Waals surface area contributed by atoms with E-state index in [0.717, 1.165) is 5.75 Å². The monoisotopic (exact) mass is 216 g/mol. The molecule has 0 spiro atoms. The standard InChI is InChI=1S/C12H12N2O2/c1-9(11-7-12(15)14-8-13-11)16-10-5-3-2-4-6-10/h2-9H,1H3,(H,13,14,15)/t9-/m0/s1. The maximum absolute atomic E-state index is 11.1. The fourth-order valence-electron chi connectivity index (χ4n) is 1.37. The van der Waals surface area contributed by atoms with Gasteiger partial charge in [-0.3, -0.25) is 4.79 Å². The van der Waals surface area contributed by atoms with Crippen LogP contribution in [0.3, 0.4) is 0 Å². The largest absolute Gasteiger partial charge is 0.484 e. The Morgan fingerprint density at radius 2 is 2.06 bits per heavy atom. The topological polar surface area (TPSA) is 55.0 Å². The number of ether oxygens (including phenoxy) is 1. The molecule has 2 aromatic rings. The van der Waals surface area contributed by atoms with Gasteiger partial charge in [0, 0.05) is 6.07 Å². The highest BCUT2D eigenvalue weighted by molar-refractivity contribution is 5.22. The summed E-state index contributed by atoms with van der Waals surface area (Å²) in [6.07, 6.45) is 1.13. The third-order valence-electron chi connectivity index (χ3n) is 2.17. The average molecular weight is 216 g/mol. The molecule has 0 aliphatic rings. The van der Waals surface area contributed by atoms with Gasteiger partial charge >= 0.3 is 0 Å². The van der Waals surface area contributed by atoms with E-state index in [1.165, 1.54) is 12.4 Å². The predicted octanol–water partition coefficient (Wildman–Crippen LogP) is 1.91. The highest BCUT2D eigenvalue weighted by Gasteiger charge is 2.08. The lowest BCUT2D eigenvalue weighted by molar-refractivity contribution is 0.221. The summed E-state index contributed by atoms with van der Waals surface area (Å²) in [5, 5.41) is 0. The van der Waals surface area contributed by atoms with Gasteiger partial charge in [-0.15, -0.1) is 0 Å². The molecule has 0 aliphatic heterocycles. The third-order valence-corrected chi connectivity index (χ3v) is 2.17. The molecule has 0 unspecified atom stereocenters. The number of aromatic nitrogens is 2. The van der Waals surface area contributed by atoms with E-state index in [4.69, 9.17) is 4.74 Å². The Labute approximate surface area is 92.9 Å². The van der Waals surface area contributed by atoms with Crippen molar-refractivity contribution >= 4 is 0 Å². The number of hydrogen-bond donors (Lipinski definition) is 1. The van der Waals surface area contributed by atoms with E-state index < -0.39 is 0 Å². The molecule has 4 nitrogen and oxygen atoms in total. The molecule has 0 radical (unpaired) electrons. The molecule has 82 valence electrons. The van der Waals surface area contributed by atoms with Gasteiger partial charge in [-0.2, -0.15) is 0 Å². The van der Waals surface area contributed by atoms with E-state index in [2.05, 4.69) is 9.97 Å². The van der Waals surface area contributed by atoms with Crippen LogP contribution in [0.4, 0.5) is 0 Å². The van der Waals surface area contributed by atoms with Crippen molar-refractivity contribution in [3.05, 3.63) is 58.8 Å². The summed E-state index contributed by atoms with van der Waals surface area (Å²) in [7, 11) is 0. The lowest BCUT2D eigenvalue weighted by Gasteiger charge is -2.13. The van der Waals surface area contributed by atoms with Crippen LogP contribution < -0.4 is 10.3 Å². The normalized spacial score (nSPS) is 12.1. The van der Waals surface area contributed by atoms with Crippen LogP contribution >= 0.6 is 0 Å². The third kappa shape index (κ3) is 2.48. The van der Waals surface area contributed by atoms with Gasteiger partial charge in [0.15, 0.2) is 0 Å². The molecule has 16 heavy (non-hydrogen) atoms. The van der Waals surface area contributed by atoms with Gasteiger partial charge in [-0.1, -0.05) is 18.2 Å². The zero-order valence-corrected chi connectivity index (χ0v) is 8.88. The number of para-hydroxylation sites is 1. The van der Waals surface area contributed by atoms with E-state index in [1.807, 2.05) is 37.3 Å². The fourth-order valence-corrected chi connectivity index (χ4v) is 1.37. The van der Waals surface area contributed by atoms with Crippen molar-refractivity contribution in [1.29, 1.82) is 0 Å². The van der Waals surface area contributed by atoms with Gasteiger partial charge in [0.25, 0.3) is 5.56 Å². The quantitative estimate of drug-likeness (QED) is 0.852. The first-order valence-corrected chi connectivity index (χ1v) is 5.02. The molecule has 1 aromatic heterocycles. The van der Waals surface area contributed by atoms with Gasteiger partial charge in [0.1, 0.15) is 11.9 Å². The van der Waals surface area contributed by atoms with Crippen LogP contribution in [-0.4, -0.2) is 9.97 Å². The number of nitrogens with one attached hydrogen (secondary N) is 1. The summed E-state index contributed by atoms with van der Waals surface area (Å²) in [5.41, 5.74) is 0.445. The van der Waals surface area contributed by atoms with Crippen LogP contribution in [-0.2, 0) is 0 Å². The van der Waals surface area contributed by atoms with E-state index in [-0.39, 0.29) is 11.7 Å². The first-order chi connectivity index (χ1) is 7.75. The molecule has 1 aromatic carbocycles. The summed E-state index contributed by atoms with van der Waals surface area (Å²) >= 11 is 0. The van der Waals surface area contributed by atoms with Crippen molar-refractivity contribution < 1.29 is 4.74 Å². The average Bonchev–Trinajstić information content (AvgIpc) is 2.30. The smallest absolute Gasteiger partial charge is 0.251 e. The Hall–Kier alpha value is -2.10. The summed E-state index contributed by atoms with van der Waals surface area (Å²) in [6.45, 7) is 1.86. The summed E-state index contributed by atoms with van der Waals surface area (Å²) < 4.78 is 5.64. The van der Waals surface area contributed by atoms with Crippen molar-refractivity contribution in [2.45, 2.75) is 13.0 Å². The molecule has 1 atom stereocenters. The highest BCUT2D eigenvalue weighted by atomic mass is 16.5. The molecule has 2 rings (SSSR count). The number of hydrogen-bond acceptors (Lipinski definition) is 3.